The first-order valence-corrected chi connectivity index (χ1v) is 17.8. The van der Waals surface area contributed by atoms with E-state index in [1.54, 1.807) is 27.6 Å². The van der Waals surface area contributed by atoms with Gasteiger partial charge < -0.3 is 9.47 Å². The fraction of sp³-hybridized carbons (Fsp3) is 0.359. The summed E-state index contributed by atoms with van der Waals surface area (Å²) in [5, 5.41) is 17.3. The molecule has 0 fully saturated rings. The van der Waals surface area contributed by atoms with Crippen LogP contribution in [-0.4, -0.2) is 105 Å². The summed E-state index contributed by atoms with van der Waals surface area (Å²) in [6.07, 6.45) is 2.63. The maximum atomic E-state index is 13.6. The van der Waals surface area contributed by atoms with Gasteiger partial charge in [-0.25, -0.2) is 23.9 Å². The van der Waals surface area contributed by atoms with Crippen LogP contribution in [0.1, 0.15) is 52.9 Å². The number of carbonyl (C=O) groups is 2. The Bertz CT molecular complexity index is 2030. The average molecular weight is 730 g/mol. The third-order valence-electron chi connectivity index (χ3n) is 8.35. The van der Waals surface area contributed by atoms with Crippen molar-refractivity contribution in [3.63, 3.8) is 0 Å². The Morgan fingerprint density at radius 2 is 1.00 bits per heavy atom. The van der Waals surface area contributed by atoms with Crippen LogP contribution in [0.2, 0.25) is 0 Å². The summed E-state index contributed by atoms with van der Waals surface area (Å²) in [4.78, 5) is 45.1. The smallest absolute Gasteiger partial charge is 0.416 e. The van der Waals surface area contributed by atoms with Crippen molar-refractivity contribution in [2.75, 3.05) is 13.1 Å². The number of pyridine rings is 1. The molecule has 0 N–H and O–H groups in total. The molecular formula is C39H43N11O4. The fourth-order valence-electron chi connectivity index (χ4n) is 6.10. The van der Waals surface area contributed by atoms with Crippen molar-refractivity contribution in [2.24, 2.45) is 9.98 Å². The van der Waals surface area contributed by atoms with Crippen LogP contribution >= 0.6 is 0 Å². The lowest BCUT2D eigenvalue weighted by atomic mass is 10.2. The number of carbonyl (C=O) groups excluding carboxylic acids is 2. The number of hydrogen-bond donors (Lipinski definition) is 0. The summed E-state index contributed by atoms with van der Waals surface area (Å²) in [6.45, 7) is 12.1. The average Bonchev–Trinajstić information content (AvgIpc) is 3.95. The van der Waals surface area contributed by atoms with Crippen molar-refractivity contribution in [1.82, 2.24) is 44.8 Å². The number of amides is 2. The van der Waals surface area contributed by atoms with Gasteiger partial charge in [-0.2, -0.15) is 0 Å². The number of aromatic nitrogens is 7. The van der Waals surface area contributed by atoms with Gasteiger partial charge in [0.15, 0.2) is 11.7 Å². The van der Waals surface area contributed by atoms with E-state index in [2.05, 4.69) is 20.6 Å². The summed E-state index contributed by atoms with van der Waals surface area (Å²) < 4.78 is 15.0. The second-order valence-corrected chi connectivity index (χ2v) is 15.2. The Morgan fingerprint density at radius 3 is 1.39 bits per heavy atom. The lowest BCUT2D eigenvalue weighted by Crippen LogP contribution is -2.42. The summed E-state index contributed by atoms with van der Waals surface area (Å²) in [5.74, 6) is 0.684. The summed E-state index contributed by atoms with van der Waals surface area (Å²) >= 11 is 0. The monoisotopic (exact) mass is 729 g/mol. The molecular weight excluding hydrogens is 687 g/mol. The first-order chi connectivity index (χ1) is 25.8. The van der Waals surface area contributed by atoms with Crippen LogP contribution in [0.15, 0.2) is 101 Å². The number of aliphatic imine (C=N–C) groups is 2. The second-order valence-electron chi connectivity index (χ2n) is 15.2. The molecule has 3 aromatic heterocycles. The molecule has 0 bridgehead atoms. The van der Waals surface area contributed by atoms with Crippen LogP contribution in [-0.2, 0) is 22.6 Å². The standard InChI is InChI=1S/C39H43N11O4/c1-38(2,3)53-36(51)49-22-28(20-47-24-32(43-45-47)26-14-9-7-10-15-26)40-34(49)30-18-13-19-31(42-30)35-41-29(23-50(35)37(52)54-39(4,5)6)21-48-25-33(44-46-48)27-16-11-8-12-17-27/h7-19,24-25,28-29H,20-23H2,1-6H3/t28-,29-/m0/s1. The minimum atomic E-state index is -0.737. The van der Waals surface area contributed by atoms with Gasteiger partial charge in [0.25, 0.3) is 0 Å². The van der Waals surface area contributed by atoms with Crippen LogP contribution in [0.25, 0.3) is 22.5 Å². The van der Waals surface area contributed by atoms with E-state index < -0.39 is 23.4 Å². The van der Waals surface area contributed by atoms with Gasteiger partial charge in [-0.15, -0.1) is 10.2 Å². The number of rotatable bonds is 8. The number of nitrogens with zero attached hydrogens (tertiary/aromatic N) is 11. The molecule has 278 valence electrons. The first kappa shape index (κ1) is 36.1. The van der Waals surface area contributed by atoms with Crippen molar-refractivity contribution in [3.05, 3.63) is 103 Å². The SMILES string of the molecule is CC(C)(C)OC(=O)N1C[C@H](Cn2cc(-c3ccccc3)nn2)N=C1c1cccc(C2=N[C@@H](Cn3cc(-c4ccccc4)nn3)CN2C(=O)OC(C)(C)C)n1. The molecule has 54 heavy (non-hydrogen) atoms. The van der Waals surface area contributed by atoms with Crippen LogP contribution in [0, 0.1) is 0 Å². The van der Waals surface area contributed by atoms with Gasteiger partial charge in [0.05, 0.1) is 50.7 Å². The summed E-state index contributed by atoms with van der Waals surface area (Å²) in [7, 11) is 0. The largest absolute Gasteiger partial charge is 0.443 e. The second kappa shape index (κ2) is 14.6. The maximum absolute atomic E-state index is 13.6. The molecule has 5 heterocycles. The van der Waals surface area contributed by atoms with Crippen molar-refractivity contribution >= 4 is 23.9 Å². The first-order valence-electron chi connectivity index (χ1n) is 17.8. The van der Waals surface area contributed by atoms with E-state index in [0.717, 1.165) is 22.5 Å². The highest BCUT2D eigenvalue weighted by atomic mass is 16.6. The van der Waals surface area contributed by atoms with Gasteiger partial charge in [0.1, 0.15) is 34.0 Å². The van der Waals surface area contributed by atoms with Crippen LogP contribution in [0.5, 0.6) is 0 Å². The Morgan fingerprint density at radius 1 is 0.593 bits per heavy atom. The van der Waals surface area contributed by atoms with E-state index in [1.165, 1.54) is 9.80 Å². The number of hydrogen-bond acceptors (Lipinski definition) is 11. The zero-order chi connectivity index (χ0) is 38.0. The number of ether oxygens (including phenoxy) is 2. The highest BCUT2D eigenvalue weighted by molar-refractivity contribution is 6.09. The predicted molar refractivity (Wildman–Crippen MR) is 202 cm³/mol. The Balaban J connectivity index is 1.18. The molecule has 0 saturated carbocycles. The van der Waals surface area contributed by atoms with Crippen molar-refractivity contribution < 1.29 is 19.1 Å². The minimum Gasteiger partial charge on any atom is -0.443 e. The molecule has 2 amide bonds. The van der Waals surface area contributed by atoms with Gasteiger partial charge >= 0.3 is 12.2 Å². The van der Waals surface area contributed by atoms with Gasteiger partial charge in [0, 0.05) is 11.1 Å². The Labute approximate surface area is 313 Å². The molecule has 7 rings (SSSR count). The third-order valence-corrected chi connectivity index (χ3v) is 8.35. The third kappa shape index (κ3) is 8.51. The molecule has 2 aliphatic rings. The topological polar surface area (TPSA) is 158 Å². The molecule has 2 aliphatic heterocycles. The van der Waals surface area contributed by atoms with Crippen LogP contribution < -0.4 is 0 Å². The lowest BCUT2D eigenvalue weighted by molar-refractivity contribution is 0.0365. The highest BCUT2D eigenvalue weighted by Gasteiger charge is 2.38. The van der Waals surface area contributed by atoms with Crippen molar-refractivity contribution in [2.45, 2.75) is 77.9 Å². The molecule has 0 aliphatic carbocycles. The molecule has 15 nitrogen and oxygen atoms in total. The highest BCUT2D eigenvalue weighted by Crippen LogP contribution is 2.24. The lowest BCUT2D eigenvalue weighted by Gasteiger charge is -2.26. The molecule has 0 spiro atoms. The van der Waals surface area contributed by atoms with E-state index in [9.17, 15) is 9.59 Å². The van der Waals surface area contributed by atoms with Crippen LogP contribution in [0.4, 0.5) is 9.59 Å². The number of amidine groups is 2. The maximum Gasteiger partial charge on any atom is 0.416 e. The molecule has 5 aromatic rings. The van der Waals surface area contributed by atoms with Gasteiger partial charge in [0.2, 0.25) is 0 Å². The van der Waals surface area contributed by atoms with Gasteiger partial charge in [-0.1, -0.05) is 77.2 Å². The number of benzene rings is 2. The van der Waals surface area contributed by atoms with Crippen molar-refractivity contribution in [3.8, 4) is 22.5 Å². The zero-order valence-electron chi connectivity index (χ0n) is 31.2. The normalized spacial score (nSPS) is 17.4. The molecule has 0 radical (unpaired) electrons. The van der Waals surface area contributed by atoms with Gasteiger partial charge in [-0.05, 0) is 53.7 Å². The quantitative estimate of drug-likeness (QED) is 0.195. The van der Waals surface area contributed by atoms with E-state index in [1.807, 2.05) is 115 Å². The summed E-state index contributed by atoms with van der Waals surface area (Å²) in [5.41, 5.74) is 2.74. The molecule has 0 unspecified atom stereocenters. The molecule has 15 heteroatoms. The zero-order valence-corrected chi connectivity index (χ0v) is 31.2. The predicted octanol–water partition coefficient (Wildman–Crippen LogP) is 5.73. The van der Waals surface area contributed by atoms with Crippen LogP contribution in [0.3, 0.4) is 0 Å². The molecule has 2 atom stereocenters. The van der Waals surface area contributed by atoms with E-state index in [-0.39, 0.29) is 25.2 Å². The Hall–Kier alpha value is -6.25. The minimum absolute atomic E-state index is 0.243. The Kier molecular flexibility index (Phi) is 9.79. The summed E-state index contributed by atoms with van der Waals surface area (Å²) in [6, 6.07) is 24.2. The fourth-order valence-corrected chi connectivity index (χ4v) is 6.10. The van der Waals surface area contributed by atoms with E-state index >= 15 is 0 Å². The molecule has 2 aromatic carbocycles. The molecule has 0 saturated heterocycles. The van der Waals surface area contributed by atoms with E-state index in [4.69, 9.17) is 24.4 Å². The van der Waals surface area contributed by atoms with E-state index in [0.29, 0.717) is 36.1 Å². The van der Waals surface area contributed by atoms with Crippen molar-refractivity contribution in [1.29, 1.82) is 0 Å². The van der Waals surface area contributed by atoms with Gasteiger partial charge in [-0.3, -0.25) is 19.8 Å².